The van der Waals surface area contributed by atoms with Crippen molar-refractivity contribution in [1.29, 1.82) is 0 Å². The first-order chi connectivity index (χ1) is 12.1. The van der Waals surface area contributed by atoms with Crippen molar-refractivity contribution < 1.29 is 9.59 Å². The standard InChI is InChI=1S/C20H29N3O2/c1-3-15(2)23-14-16(13-19(23)24)20(25)21-17-7-9-18(10-8-17)22-11-5-4-6-12-22/h7-10,15-16H,3-6,11-14H2,1-2H3,(H,21,25). The number of hydrogen-bond donors (Lipinski definition) is 1. The van der Waals surface area contributed by atoms with E-state index in [0.717, 1.165) is 25.2 Å². The maximum absolute atomic E-state index is 12.5. The number of benzene rings is 1. The second kappa shape index (κ2) is 7.89. The van der Waals surface area contributed by atoms with Gasteiger partial charge in [0, 0.05) is 43.5 Å². The van der Waals surface area contributed by atoms with Crippen molar-refractivity contribution in [3.05, 3.63) is 24.3 Å². The first-order valence-electron chi connectivity index (χ1n) is 9.54. The lowest BCUT2D eigenvalue weighted by atomic mass is 10.1. The van der Waals surface area contributed by atoms with E-state index < -0.39 is 0 Å². The molecule has 0 spiro atoms. The van der Waals surface area contributed by atoms with Gasteiger partial charge in [-0.3, -0.25) is 9.59 Å². The lowest BCUT2D eigenvalue weighted by Crippen LogP contribution is -2.35. The molecule has 0 radical (unpaired) electrons. The summed E-state index contributed by atoms with van der Waals surface area (Å²) >= 11 is 0. The maximum atomic E-state index is 12.5. The molecule has 5 nitrogen and oxygen atoms in total. The summed E-state index contributed by atoms with van der Waals surface area (Å²) in [4.78, 5) is 28.8. The molecule has 2 aliphatic rings. The van der Waals surface area contributed by atoms with Crippen LogP contribution in [0.1, 0.15) is 46.0 Å². The second-order valence-corrected chi connectivity index (χ2v) is 7.29. The third-order valence-corrected chi connectivity index (χ3v) is 5.51. The van der Waals surface area contributed by atoms with Crippen molar-refractivity contribution in [2.45, 2.75) is 52.0 Å². The lowest BCUT2D eigenvalue weighted by molar-refractivity contribution is -0.129. The Labute approximate surface area is 150 Å². The molecule has 25 heavy (non-hydrogen) atoms. The Hall–Kier alpha value is -2.04. The number of nitrogens with zero attached hydrogens (tertiary/aromatic N) is 2. The summed E-state index contributed by atoms with van der Waals surface area (Å²) in [5, 5.41) is 2.98. The van der Waals surface area contributed by atoms with Crippen LogP contribution in [-0.2, 0) is 9.59 Å². The first kappa shape index (κ1) is 17.8. The normalized spacial score (nSPS) is 22.2. The lowest BCUT2D eigenvalue weighted by Gasteiger charge is -2.28. The Morgan fingerprint density at radius 3 is 2.52 bits per heavy atom. The van der Waals surface area contributed by atoms with Crippen molar-refractivity contribution in [3.8, 4) is 0 Å². The van der Waals surface area contributed by atoms with Gasteiger partial charge in [-0.05, 0) is 56.9 Å². The van der Waals surface area contributed by atoms with Crippen LogP contribution in [0.3, 0.4) is 0 Å². The van der Waals surface area contributed by atoms with Gasteiger partial charge in [0.25, 0.3) is 0 Å². The van der Waals surface area contributed by atoms with Gasteiger partial charge < -0.3 is 15.1 Å². The molecule has 2 atom stereocenters. The van der Waals surface area contributed by atoms with Crippen molar-refractivity contribution in [3.63, 3.8) is 0 Å². The van der Waals surface area contributed by atoms with E-state index in [1.807, 2.05) is 24.0 Å². The quantitative estimate of drug-likeness (QED) is 0.893. The smallest absolute Gasteiger partial charge is 0.229 e. The van der Waals surface area contributed by atoms with Crippen LogP contribution in [0.2, 0.25) is 0 Å². The number of likely N-dealkylation sites (tertiary alicyclic amines) is 1. The summed E-state index contributed by atoms with van der Waals surface area (Å²) in [6.07, 6.45) is 5.06. The first-order valence-corrected chi connectivity index (χ1v) is 9.54. The number of rotatable bonds is 5. The van der Waals surface area contributed by atoms with Crippen LogP contribution in [0, 0.1) is 5.92 Å². The molecule has 1 aromatic rings. The molecule has 1 N–H and O–H groups in total. The molecule has 2 amide bonds. The van der Waals surface area contributed by atoms with E-state index in [2.05, 4.69) is 29.3 Å². The number of carbonyl (C=O) groups excluding carboxylic acids is 2. The molecule has 2 heterocycles. The largest absolute Gasteiger partial charge is 0.372 e. The van der Waals surface area contributed by atoms with Gasteiger partial charge in [0.05, 0.1) is 5.92 Å². The summed E-state index contributed by atoms with van der Waals surface area (Å²) in [6, 6.07) is 8.28. The average Bonchev–Trinajstić information content (AvgIpc) is 3.04. The number of piperidine rings is 1. The Morgan fingerprint density at radius 1 is 1.20 bits per heavy atom. The molecule has 5 heteroatoms. The van der Waals surface area contributed by atoms with Gasteiger partial charge in [0.1, 0.15) is 0 Å². The van der Waals surface area contributed by atoms with E-state index in [9.17, 15) is 9.59 Å². The van der Waals surface area contributed by atoms with Crippen LogP contribution < -0.4 is 10.2 Å². The Bertz CT molecular complexity index is 608. The van der Waals surface area contributed by atoms with E-state index in [-0.39, 0.29) is 23.8 Å². The molecule has 2 saturated heterocycles. The van der Waals surface area contributed by atoms with E-state index in [4.69, 9.17) is 0 Å². The van der Waals surface area contributed by atoms with Gasteiger partial charge in [0.2, 0.25) is 11.8 Å². The van der Waals surface area contributed by atoms with Gasteiger partial charge in [-0.25, -0.2) is 0 Å². The van der Waals surface area contributed by atoms with Crippen LogP contribution in [-0.4, -0.2) is 42.4 Å². The Morgan fingerprint density at radius 2 is 1.88 bits per heavy atom. The highest BCUT2D eigenvalue weighted by molar-refractivity contribution is 5.97. The zero-order valence-corrected chi connectivity index (χ0v) is 15.3. The van der Waals surface area contributed by atoms with Crippen LogP contribution in [0.25, 0.3) is 0 Å². The van der Waals surface area contributed by atoms with Crippen LogP contribution in [0.5, 0.6) is 0 Å². The number of amides is 2. The van der Waals surface area contributed by atoms with Crippen LogP contribution in [0.15, 0.2) is 24.3 Å². The summed E-state index contributed by atoms with van der Waals surface area (Å²) in [6.45, 7) is 6.86. The van der Waals surface area contributed by atoms with Crippen molar-refractivity contribution in [2.75, 3.05) is 29.9 Å². The Kier molecular flexibility index (Phi) is 5.61. The zero-order valence-electron chi connectivity index (χ0n) is 15.3. The highest BCUT2D eigenvalue weighted by Gasteiger charge is 2.36. The van der Waals surface area contributed by atoms with Gasteiger partial charge >= 0.3 is 0 Å². The highest BCUT2D eigenvalue weighted by Crippen LogP contribution is 2.25. The summed E-state index contributed by atoms with van der Waals surface area (Å²) in [5.74, 6) is -0.205. The number of anilines is 2. The molecule has 136 valence electrons. The predicted molar refractivity (Wildman–Crippen MR) is 101 cm³/mol. The number of carbonyl (C=O) groups is 2. The summed E-state index contributed by atoms with van der Waals surface area (Å²) in [5.41, 5.74) is 2.02. The van der Waals surface area contributed by atoms with Crippen molar-refractivity contribution in [1.82, 2.24) is 4.90 Å². The predicted octanol–water partition coefficient (Wildman–Crippen LogP) is 3.26. The molecule has 0 aliphatic carbocycles. The second-order valence-electron chi connectivity index (χ2n) is 7.29. The van der Waals surface area contributed by atoms with E-state index >= 15 is 0 Å². The zero-order chi connectivity index (χ0) is 17.8. The minimum Gasteiger partial charge on any atom is -0.372 e. The minimum atomic E-state index is -0.247. The monoisotopic (exact) mass is 343 g/mol. The SMILES string of the molecule is CCC(C)N1CC(C(=O)Nc2ccc(N3CCCCC3)cc2)CC1=O. The van der Waals surface area contributed by atoms with Crippen LogP contribution >= 0.6 is 0 Å². The molecule has 0 aromatic heterocycles. The third kappa shape index (κ3) is 4.14. The molecule has 3 rings (SSSR count). The average molecular weight is 343 g/mol. The van der Waals surface area contributed by atoms with Crippen LogP contribution in [0.4, 0.5) is 11.4 Å². The van der Waals surface area contributed by atoms with E-state index in [0.29, 0.717) is 13.0 Å². The van der Waals surface area contributed by atoms with Gasteiger partial charge in [-0.1, -0.05) is 6.92 Å². The van der Waals surface area contributed by atoms with E-state index in [1.165, 1.54) is 24.9 Å². The minimum absolute atomic E-state index is 0.0510. The highest BCUT2D eigenvalue weighted by atomic mass is 16.2. The summed E-state index contributed by atoms with van der Waals surface area (Å²) < 4.78 is 0. The number of hydrogen-bond acceptors (Lipinski definition) is 3. The topological polar surface area (TPSA) is 52.7 Å². The molecule has 0 saturated carbocycles. The third-order valence-electron chi connectivity index (χ3n) is 5.51. The summed E-state index contributed by atoms with van der Waals surface area (Å²) in [7, 11) is 0. The molecular weight excluding hydrogens is 314 g/mol. The molecule has 0 bridgehead atoms. The van der Waals surface area contributed by atoms with E-state index in [1.54, 1.807) is 0 Å². The number of nitrogens with one attached hydrogen (secondary N) is 1. The van der Waals surface area contributed by atoms with Gasteiger partial charge in [-0.15, -0.1) is 0 Å². The fraction of sp³-hybridized carbons (Fsp3) is 0.600. The fourth-order valence-electron chi connectivity index (χ4n) is 3.71. The molecule has 1 aromatic carbocycles. The maximum Gasteiger partial charge on any atom is 0.229 e. The fourth-order valence-corrected chi connectivity index (χ4v) is 3.71. The molecule has 2 aliphatic heterocycles. The molecular formula is C20H29N3O2. The molecule has 2 fully saturated rings. The Balaban J connectivity index is 1.57. The van der Waals surface area contributed by atoms with Crippen molar-refractivity contribution in [2.24, 2.45) is 5.92 Å². The van der Waals surface area contributed by atoms with Gasteiger partial charge in [0.15, 0.2) is 0 Å². The van der Waals surface area contributed by atoms with Crippen molar-refractivity contribution >= 4 is 23.2 Å². The van der Waals surface area contributed by atoms with Gasteiger partial charge in [-0.2, -0.15) is 0 Å². The molecule has 2 unspecified atom stereocenters.